The van der Waals surface area contributed by atoms with Crippen LogP contribution in [-0.4, -0.2) is 21.5 Å². The van der Waals surface area contributed by atoms with E-state index < -0.39 is 0 Å². The van der Waals surface area contributed by atoms with Gasteiger partial charge in [-0.1, -0.05) is 12.1 Å². The minimum atomic E-state index is 0.0340. The molecule has 0 unspecified atom stereocenters. The third kappa shape index (κ3) is 2.59. The van der Waals surface area contributed by atoms with E-state index in [9.17, 15) is 4.79 Å². The largest absolute Gasteiger partial charge is 0.349 e. The molecule has 0 spiro atoms. The average Bonchev–Trinajstić information content (AvgIpc) is 3.04. The van der Waals surface area contributed by atoms with Crippen LogP contribution in [0, 0.1) is 0 Å². The van der Waals surface area contributed by atoms with Crippen molar-refractivity contribution in [3.8, 4) is 0 Å². The maximum Gasteiger partial charge on any atom is 0.251 e. The van der Waals surface area contributed by atoms with Crippen molar-refractivity contribution in [3.05, 3.63) is 54.1 Å². The summed E-state index contributed by atoms with van der Waals surface area (Å²) in [5.41, 5.74) is 1.90. The van der Waals surface area contributed by atoms with E-state index in [1.54, 1.807) is 12.5 Å². The van der Waals surface area contributed by atoms with Gasteiger partial charge >= 0.3 is 0 Å². The molecule has 0 saturated heterocycles. The third-order valence-electron chi connectivity index (χ3n) is 3.05. The van der Waals surface area contributed by atoms with Gasteiger partial charge in [-0.2, -0.15) is 0 Å². The second kappa shape index (κ2) is 4.64. The molecule has 92 valence electrons. The Kier molecular flexibility index (Phi) is 2.84. The lowest BCUT2D eigenvalue weighted by Gasteiger charge is -2.05. The molecule has 1 aliphatic carbocycles. The van der Waals surface area contributed by atoms with Gasteiger partial charge in [0.15, 0.2) is 0 Å². The van der Waals surface area contributed by atoms with Gasteiger partial charge in [-0.15, -0.1) is 0 Å². The van der Waals surface area contributed by atoms with E-state index in [1.165, 1.54) is 0 Å². The van der Waals surface area contributed by atoms with Gasteiger partial charge < -0.3 is 9.88 Å². The number of rotatable bonds is 4. The van der Waals surface area contributed by atoms with Gasteiger partial charge in [0.2, 0.25) is 0 Å². The molecule has 0 radical (unpaired) electrons. The van der Waals surface area contributed by atoms with Crippen molar-refractivity contribution in [2.75, 3.05) is 0 Å². The molecule has 3 rings (SSSR count). The van der Waals surface area contributed by atoms with Crippen molar-refractivity contribution < 1.29 is 4.79 Å². The molecule has 1 aromatic heterocycles. The maximum atomic E-state index is 11.8. The van der Waals surface area contributed by atoms with Crippen LogP contribution in [0.25, 0.3) is 0 Å². The Morgan fingerprint density at radius 2 is 2.11 bits per heavy atom. The summed E-state index contributed by atoms with van der Waals surface area (Å²) in [6, 6.07) is 8.14. The van der Waals surface area contributed by atoms with E-state index in [0.29, 0.717) is 6.04 Å². The molecule has 1 N–H and O–H groups in total. The number of imidazole rings is 1. The molecule has 2 aromatic rings. The fraction of sp³-hybridized carbons (Fsp3) is 0.286. The molecule has 4 nitrogen and oxygen atoms in total. The highest BCUT2D eigenvalue weighted by Gasteiger charge is 2.23. The molecule has 1 heterocycles. The Balaban J connectivity index is 1.66. The number of benzene rings is 1. The maximum absolute atomic E-state index is 11.8. The Labute approximate surface area is 106 Å². The Morgan fingerprint density at radius 3 is 2.72 bits per heavy atom. The molecule has 0 aliphatic heterocycles. The monoisotopic (exact) mass is 241 g/mol. The van der Waals surface area contributed by atoms with Gasteiger partial charge in [-0.3, -0.25) is 4.79 Å². The van der Waals surface area contributed by atoms with Crippen molar-refractivity contribution in [2.45, 2.75) is 25.4 Å². The van der Waals surface area contributed by atoms with Crippen molar-refractivity contribution in [1.29, 1.82) is 0 Å². The summed E-state index contributed by atoms with van der Waals surface area (Å²) in [6.07, 6.45) is 7.70. The number of hydrogen-bond acceptors (Lipinski definition) is 2. The molecular formula is C14H15N3O. The van der Waals surface area contributed by atoms with Gasteiger partial charge in [0, 0.05) is 30.5 Å². The number of carbonyl (C=O) groups excluding carboxylic acids is 1. The predicted molar refractivity (Wildman–Crippen MR) is 68.3 cm³/mol. The number of carbonyl (C=O) groups is 1. The first-order valence-corrected chi connectivity index (χ1v) is 6.17. The lowest BCUT2D eigenvalue weighted by Crippen LogP contribution is -2.25. The molecule has 1 amide bonds. The van der Waals surface area contributed by atoms with Gasteiger partial charge in [0.05, 0.1) is 6.33 Å². The van der Waals surface area contributed by atoms with E-state index in [4.69, 9.17) is 0 Å². The Bertz CT molecular complexity index is 527. The summed E-state index contributed by atoms with van der Waals surface area (Å²) < 4.78 is 2.00. The van der Waals surface area contributed by atoms with E-state index in [2.05, 4.69) is 10.3 Å². The summed E-state index contributed by atoms with van der Waals surface area (Å²) in [5, 5.41) is 2.98. The first kappa shape index (κ1) is 11.0. The first-order chi connectivity index (χ1) is 8.81. The van der Waals surface area contributed by atoms with Gasteiger partial charge in [0.1, 0.15) is 0 Å². The molecule has 0 atom stereocenters. The number of aromatic nitrogens is 2. The molecule has 1 aliphatic rings. The predicted octanol–water partition coefficient (Wildman–Crippen LogP) is 1.82. The minimum Gasteiger partial charge on any atom is -0.349 e. The minimum absolute atomic E-state index is 0.0340. The van der Waals surface area contributed by atoms with Gasteiger partial charge in [-0.05, 0) is 30.5 Å². The van der Waals surface area contributed by atoms with Crippen LogP contribution in [0.2, 0.25) is 0 Å². The molecule has 1 saturated carbocycles. The number of nitrogens with one attached hydrogen (secondary N) is 1. The van der Waals surface area contributed by atoms with Crippen LogP contribution in [0.5, 0.6) is 0 Å². The zero-order chi connectivity index (χ0) is 12.4. The second-order valence-electron chi connectivity index (χ2n) is 4.68. The van der Waals surface area contributed by atoms with E-state index in [0.717, 1.165) is 30.5 Å². The molecule has 0 bridgehead atoms. The second-order valence-corrected chi connectivity index (χ2v) is 4.68. The zero-order valence-electron chi connectivity index (χ0n) is 10.0. The van der Waals surface area contributed by atoms with Crippen molar-refractivity contribution in [1.82, 2.24) is 14.9 Å². The van der Waals surface area contributed by atoms with E-state index in [1.807, 2.05) is 35.0 Å². The topological polar surface area (TPSA) is 46.9 Å². The summed E-state index contributed by atoms with van der Waals surface area (Å²) in [4.78, 5) is 15.8. The van der Waals surface area contributed by atoms with Crippen LogP contribution >= 0.6 is 0 Å². The fourth-order valence-electron chi connectivity index (χ4n) is 1.85. The van der Waals surface area contributed by atoms with Gasteiger partial charge in [-0.25, -0.2) is 4.98 Å². The van der Waals surface area contributed by atoms with Crippen molar-refractivity contribution in [2.24, 2.45) is 0 Å². The molecule has 1 aromatic carbocycles. The smallest absolute Gasteiger partial charge is 0.251 e. The molecule has 18 heavy (non-hydrogen) atoms. The highest BCUT2D eigenvalue weighted by atomic mass is 16.1. The van der Waals surface area contributed by atoms with Gasteiger partial charge in [0.25, 0.3) is 5.91 Å². The average molecular weight is 241 g/mol. The Hall–Kier alpha value is -2.10. The first-order valence-electron chi connectivity index (χ1n) is 6.17. The number of hydrogen-bond donors (Lipinski definition) is 1. The normalized spacial score (nSPS) is 14.4. The van der Waals surface area contributed by atoms with Crippen LogP contribution in [-0.2, 0) is 6.54 Å². The van der Waals surface area contributed by atoms with E-state index in [-0.39, 0.29) is 5.91 Å². The summed E-state index contributed by atoms with van der Waals surface area (Å²) >= 11 is 0. The van der Waals surface area contributed by atoms with Crippen LogP contribution in [0.1, 0.15) is 28.8 Å². The summed E-state index contributed by atoms with van der Waals surface area (Å²) in [5.74, 6) is 0.0340. The van der Waals surface area contributed by atoms with E-state index >= 15 is 0 Å². The number of nitrogens with zero attached hydrogens (tertiary/aromatic N) is 2. The van der Waals surface area contributed by atoms with Crippen LogP contribution in [0.15, 0.2) is 43.0 Å². The number of amides is 1. The fourth-order valence-corrected chi connectivity index (χ4v) is 1.85. The van der Waals surface area contributed by atoms with Crippen LogP contribution in [0.4, 0.5) is 0 Å². The van der Waals surface area contributed by atoms with Crippen LogP contribution in [0.3, 0.4) is 0 Å². The highest BCUT2D eigenvalue weighted by Crippen LogP contribution is 2.19. The lowest BCUT2D eigenvalue weighted by atomic mass is 10.1. The molecule has 4 heteroatoms. The SMILES string of the molecule is O=C(NC1CC1)c1ccc(Cn2ccnc2)cc1. The van der Waals surface area contributed by atoms with Crippen LogP contribution < -0.4 is 5.32 Å². The summed E-state index contributed by atoms with van der Waals surface area (Å²) in [6.45, 7) is 0.782. The zero-order valence-corrected chi connectivity index (χ0v) is 10.0. The lowest BCUT2D eigenvalue weighted by molar-refractivity contribution is 0.0951. The van der Waals surface area contributed by atoms with Crippen molar-refractivity contribution >= 4 is 5.91 Å². The highest BCUT2D eigenvalue weighted by molar-refractivity contribution is 5.94. The molecule has 1 fully saturated rings. The molecular weight excluding hydrogens is 226 g/mol. The third-order valence-corrected chi connectivity index (χ3v) is 3.05. The standard InChI is InChI=1S/C14H15N3O/c18-14(16-13-5-6-13)12-3-1-11(2-4-12)9-17-8-7-15-10-17/h1-4,7-8,10,13H,5-6,9H2,(H,16,18). The Morgan fingerprint density at radius 1 is 1.33 bits per heavy atom. The summed E-state index contributed by atoms with van der Waals surface area (Å²) in [7, 11) is 0. The quantitative estimate of drug-likeness (QED) is 0.887. The van der Waals surface area contributed by atoms with Crippen molar-refractivity contribution in [3.63, 3.8) is 0 Å².